The van der Waals surface area contributed by atoms with E-state index in [2.05, 4.69) is 10.4 Å². The molecule has 0 spiro atoms. The van der Waals surface area contributed by atoms with Crippen molar-refractivity contribution in [1.29, 1.82) is 0 Å². The summed E-state index contributed by atoms with van der Waals surface area (Å²) in [5.41, 5.74) is 2.13. The van der Waals surface area contributed by atoms with Gasteiger partial charge in [-0.15, -0.1) is 0 Å². The molecule has 0 saturated heterocycles. The van der Waals surface area contributed by atoms with E-state index in [-0.39, 0.29) is 11.5 Å². The first-order valence-corrected chi connectivity index (χ1v) is 10.4. The minimum Gasteiger partial charge on any atom is -0.354 e. The van der Waals surface area contributed by atoms with Crippen molar-refractivity contribution in [2.24, 2.45) is 7.05 Å². The number of benzene rings is 2. The molecule has 1 amide bonds. The Morgan fingerprint density at radius 3 is 2.63 bits per heavy atom. The lowest BCUT2D eigenvalue weighted by Crippen LogP contribution is -2.34. The van der Waals surface area contributed by atoms with Gasteiger partial charge in [0.05, 0.1) is 11.7 Å². The van der Waals surface area contributed by atoms with Crippen molar-refractivity contribution in [1.82, 2.24) is 19.7 Å². The van der Waals surface area contributed by atoms with Crippen LogP contribution in [-0.4, -0.2) is 26.8 Å². The second-order valence-electron chi connectivity index (χ2n) is 7.28. The fraction of sp³-hybridized carbons (Fsp3) is 0.261. The van der Waals surface area contributed by atoms with E-state index in [1.165, 1.54) is 4.68 Å². The maximum atomic E-state index is 13.1. The highest BCUT2D eigenvalue weighted by Crippen LogP contribution is 2.30. The van der Waals surface area contributed by atoms with Gasteiger partial charge in [-0.2, -0.15) is 5.10 Å². The van der Waals surface area contributed by atoms with Gasteiger partial charge in [0, 0.05) is 29.4 Å². The number of fused-ring (bicyclic) bond motifs is 3. The second-order valence-corrected chi connectivity index (χ2v) is 7.69. The van der Waals surface area contributed by atoms with Crippen LogP contribution in [0.3, 0.4) is 0 Å². The molecule has 0 aliphatic carbocycles. The third kappa shape index (κ3) is 3.48. The molecule has 0 aliphatic rings. The molecule has 0 bridgehead atoms. The Labute approximate surface area is 179 Å². The summed E-state index contributed by atoms with van der Waals surface area (Å²) >= 11 is 6.21. The third-order valence-electron chi connectivity index (χ3n) is 5.46. The van der Waals surface area contributed by atoms with Crippen molar-refractivity contribution in [3.05, 3.63) is 75.7 Å². The molecule has 0 radical (unpaired) electrons. The minimum absolute atomic E-state index is 0.119. The number of halogens is 1. The Balaban J connectivity index is 1.70. The molecule has 6 nitrogen and oxygen atoms in total. The van der Waals surface area contributed by atoms with Crippen molar-refractivity contribution < 1.29 is 4.79 Å². The lowest BCUT2D eigenvalue weighted by atomic mass is 10.1. The van der Waals surface area contributed by atoms with Crippen molar-refractivity contribution in [3.8, 4) is 0 Å². The lowest BCUT2D eigenvalue weighted by molar-refractivity contribution is -0.124. The number of amides is 1. The summed E-state index contributed by atoms with van der Waals surface area (Å²) in [7, 11) is 1.62. The average molecular weight is 423 g/mol. The van der Waals surface area contributed by atoms with Gasteiger partial charge in [0.1, 0.15) is 11.6 Å². The van der Waals surface area contributed by atoms with Gasteiger partial charge in [-0.05, 0) is 30.5 Å². The van der Waals surface area contributed by atoms with E-state index in [4.69, 9.17) is 11.6 Å². The van der Waals surface area contributed by atoms with Gasteiger partial charge in [0.2, 0.25) is 5.91 Å². The van der Waals surface area contributed by atoms with Crippen LogP contribution in [0.4, 0.5) is 0 Å². The summed E-state index contributed by atoms with van der Waals surface area (Å²) in [5, 5.41) is 9.56. The van der Waals surface area contributed by atoms with Crippen molar-refractivity contribution in [2.75, 3.05) is 6.54 Å². The predicted octanol–water partition coefficient (Wildman–Crippen LogP) is 3.85. The number of hydrogen-bond donors (Lipinski definition) is 1. The molecule has 30 heavy (non-hydrogen) atoms. The van der Waals surface area contributed by atoms with E-state index < -0.39 is 6.04 Å². The summed E-state index contributed by atoms with van der Waals surface area (Å²) in [6.45, 7) is 2.42. The summed E-state index contributed by atoms with van der Waals surface area (Å²) < 4.78 is 3.17. The molecule has 2 heterocycles. The van der Waals surface area contributed by atoms with Gasteiger partial charge in [0.25, 0.3) is 5.56 Å². The molecule has 4 aromatic rings. The molecule has 154 valence electrons. The predicted molar refractivity (Wildman–Crippen MR) is 120 cm³/mol. The summed E-state index contributed by atoms with van der Waals surface area (Å²) in [5.74, 6) is -0.119. The molecule has 2 aromatic heterocycles. The van der Waals surface area contributed by atoms with Crippen LogP contribution in [0.15, 0.2) is 59.5 Å². The zero-order chi connectivity index (χ0) is 21.3. The fourth-order valence-electron chi connectivity index (χ4n) is 3.94. The van der Waals surface area contributed by atoms with Gasteiger partial charge in [-0.1, -0.05) is 54.9 Å². The normalized spacial score (nSPS) is 12.4. The molecule has 0 fully saturated rings. The van der Waals surface area contributed by atoms with Crippen LogP contribution in [0.5, 0.6) is 0 Å². The summed E-state index contributed by atoms with van der Waals surface area (Å²) in [4.78, 5) is 26.1. The lowest BCUT2D eigenvalue weighted by Gasteiger charge is -2.19. The van der Waals surface area contributed by atoms with Gasteiger partial charge >= 0.3 is 0 Å². The zero-order valence-electron chi connectivity index (χ0n) is 16.9. The van der Waals surface area contributed by atoms with Crippen LogP contribution in [0.1, 0.15) is 24.9 Å². The SMILES string of the molecule is CC[C@H](C(=O)NCCc1ccccc1Cl)n1c2ccccc2c2cnn(C)c(=O)c21. The topological polar surface area (TPSA) is 68.9 Å². The first-order chi connectivity index (χ1) is 14.5. The Bertz CT molecular complexity index is 1290. The Morgan fingerprint density at radius 2 is 1.87 bits per heavy atom. The third-order valence-corrected chi connectivity index (χ3v) is 5.83. The number of aryl methyl sites for hydroxylation is 1. The number of carbonyl (C=O) groups is 1. The number of rotatable bonds is 6. The number of carbonyl (C=O) groups excluding carboxylic acids is 1. The minimum atomic E-state index is -0.506. The molecule has 0 aliphatic heterocycles. The van der Waals surface area contributed by atoms with Crippen LogP contribution in [0.2, 0.25) is 5.02 Å². The molecule has 4 rings (SSSR count). The Morgan fingerprint density at radius 1 is 1.13 bits per heavy atom. The Hall–Kier alpha value is -3.12. The highest BCUT2D eigenvalue weighted by atomic mass is 35.5. The standard InChI is InChI=1S/C23H23ClN4O2/c1-3-19(22(29)25-13-12-15-8-4-6-10-18(15)24)28-20-11-7-5-9-16(20)17-14-26-27(2)23(30)21(17)28/h4-11,14,19H,3,12-13H2,1-2H3,(H,25,29)/t19-/m1/s1. The largest absolute Gasteiger partial charge is 0.354 e. The molecule has 7 heteroatoms. The van der Waals surface area contributed by atoms with Gasteiger partial charge in [-0.3, -0.25) is 9.59 Å². The van der Waals surface area contributed by atoms with Crippen LogP contribution in [0, 0.1) is 0 Å². The van der Waals surface area contributed by atoms with Gasteiger partial charge in [-0.25, -0.2) is 4.68 Å². The van der Waals surface area contributed by atoms with E-state index in [0.717, 1.165) is 21.9 Å². The molecule has 1 atom stereocenters. The zero-order valence-corrected chi connectivity index (χ0v) is 17.7. The van der Waals surface area contributed by atoms with E-state index in [1.807, 2.05) is 60.0 Å². The quantitative estimate of drug-likeness (QED) is 0.513. The number of nitrogens with one attached hydrogen (secondary N) is 1. The van der Waals surface area contributed by atoms with E-state index in [9.17, 15) is 9.59 Å². The molecule has 0 unspecified atom stereocenters. The monoisotopic (exact) mass is 422 g/mol. The smallest absolute Gasteiger partial charge is 0.291 e. The number of para-hydroxylation sites is 1. The average Bonchev–Trinajstić information content (AvgIpc) is 3.08. The number of aromatic nitrogens is 3. The molecular weight excluding hydrogens is 400 g/mol. The van der Waals surface area contributed by atoms with Crippen LogP contribution < -0.4 is 10.9 Å². The number of nitrogens with zero attached hydrogens (tertiary/aromatic N) is 3. The van der Waals surface area contributed by atoms with Crippen LogP contribution in [-0.2, 0) is 18.3 Å². The molecule has 2 aromatic carbocycles. The highest BCUT2D eigenvalue weighted by molar-refractivity contribution is 6.31. The van der Waals surface area contributed by atoms with E-state index in [0.29, 0.717) is 29.9 Å². The van der Waals surface area contributed by atoms with Crippen molar-refractivity contribution >= 4 is 39.3 Å². The number of hydrogen-bond acceptors (Lipinski definition) is 3. The highest BCUT2D eigenvalue weighted by Gasteiger charge is 2.25. The van der Waals surface area contributed by atoms with Crippen molar-refractivity contribution in [3.63, 3.8) is 0 Å². The van der Waals surface area contributed by atoms with Crippen molar-refractivity contribution in [2.45, 2.75) is 25.8 Å². The maximum Gasteiger partial charge on any atom is 0.291 e. The maximum absolute atomic E-state index is 13.1. The van der Waals surface area contributed by atoms with Crippen LogP contribution in [0.25, 0.3) is 21.8 Å². The Kier molecular flexibility index (Phi) is 5.59. The van der Waals surface area contributed by atoms with Crippen LogP contribution >= 0.6 is 11.6 Å². The summed E-state index contributed by atoms with van der Waals surface area (Å²) in [6.07, 6.45) is 2.88. The molecular formula is C23H23ClN4O2. The van der Waals surface area contributed by atoms with E-state index >= 15 is 0 Å². The first kappa shape index (κ1) is 20.2. The molecule has 1 N–H and O–H groups in total. The van der Waals surface area contributed by atoms with Gasteiger partial charge < -0.3 is 9.88 Å². The van der Waals surface area contributed by atoms with Gasteiger partial charge in [0.15, 0.2) is 0 Å². The fourth-order valence-corrected chi connectivity index (χ4v) is 4.17. The second kappa shape index (κ2) is 8.32. The first-order valence-electron chi connectivity index (χ1n) is 9.99. The molecule has 0 saturated carbocycles. The summed E-state index contributed by atoms with van der Waals surface area (Å²) in [6, 6.07) is 14.8. The van der Waals surface area contributed by atoms with E-state index in [1.54, 1.807) is 13.2 Å².